The standard InChI is InChI=1S/C22H20ClFO3/c1-3-12-10-13(14-5-7-16(23)17(24)11-14)4-6-15(12)19-20(25)18-8-9-22(2,27-18)21(19)26/h4-7,10-11,18,26H,3,8-9H2,1-2H3/t18-,22+/m0/s1. The minimum Gasteiger partial charge on any atom is -0.508 e. The van der Waals surface area contributed by atoms with Crippen molar-refractivity contribution in [2.24, 2.45) is 0 Å². The van der Waals surface area contributed by atoms with E-state index in [2.05, 4.69) is 0 Å². The molecule has 140 valence electrons. The normalized spacial score (nSPS) is 24.6. The van der Waals surface area contributed by atoms with E-state index in [9.17, 15) is 14.3 Å². The quantitative estimate of drug-likeness (QED) is 0.757. The van der Waals surface area contributed by atoms with Gasteiger partial charge in [-0.25, -0.2) is 4.39 Å². The maximum atomic E-state index is 13.8. The third kappa shape index (κ3) is 2.88. The first-order chi connectivity index (χ1) is 12.8. The van der Waals surface area contributed by atoms with Gasteiger partial charge in [0.25, 0.3) is 0 Å². The van der Waals surface area contributed by atoms with E-state index in [4.69, 9.17) is 16.3 Å². The van der Waals surface area contributed by atoms with Crippen LogP contribution in [0.4, 0.5) is 4.39 Å². The van der Waals surface area contributed by atoms with Gasteiger partial charge in [0.15, 0.2) is 5.78 Å². The zero-order valence-corrected chi connectivity index (χ0v) is 15.9. The Morgan fingerprint density at radius 3 is 2.67 bits per heavy atom. The summed E-state index contributed by atoms with van der Waals surface area (Å²) in [6, 6.07) is 10.3. The number of aliphatic hydroxyl groups is 1. The molecule has 0 aromatic heterocycles. The average Bonchev–Trinajstić information content (AvgIpc) is 3.04. The zero-order chi connectivity index (χ0) is 19.3. The van der Waals surface area contributed by atoms with Crippen molar-refractivity contribution in [1.82, 2.24) is 0 Å². The number of ketones is 1. The molecule has 0 amide bonds. The van der Waals surface area contributed by atoms with Crippen LogP contribution in [-0.4, -0.2) is 22.6 Å². The van der Waals surface area contributed by atoms with Gasteiger partial charge in [-0.2, -0.15) is 0 Å². The summed E-state index contributed by atoms with van der Waals surface area (Å²) in [5.41, 5.74) is 2.75. The van der Waals surface area contributed by atoms with Crippen molar-refractivity contribution in [3.63, 3.8) is 0 Å². The second-order valence-corrected chi connectivity index (χ2v) is 7.73. The first kappa shape index (κ1) is 18.2. The third-order valence-electron chi connectivity index (χ3n) is 5.57. The summed E-state index contributed by atoms with van der Waals surface area (Å²) < 4.78 is 19.6. The van der Waals surface area contributed by atoms with Crippen LogP contribution in [0.1, 0.15) is 37.8 Å². The van der Waals surface area contributed by atoms with Gasteiger partial charge < -0.3 is 9.84 Å². The SMILES string of the molecule is CCc1cc(-c2ccc(Cl)c(F)c2)ccc1C1=C(O)[C@@]2(C)CC[C@H](O2)C1=O. The maximum absolute atomic E-state index is 13.8. The molecule has 4 rings (SSSR count). The fourth-order valence-corrected chi connectivity index (χ4v) is 4.10. The van der Waals surface area contributed by atoms with Gasteiger partial charge in [-0.05, 0) is 60.6 Å². The fourth-order valence-electron chi connectivity index (χ4n) is 3.98. The first-order valence-electron chi connectivity index (χ1n) is 9.08. The van der Waals surface area contributed by atoms with E-state index in [1.54, 1.807) is 6.07 Å². The average molecular weight is 387 g/mol. The number of aryl methyl sites for hydroxylation is 1. The molecule has 5 heteroatoms. The van der Waals surface area contributed by atoms with E-state index in [0.717, 1.165) is 16.7 Å². The molecule has 3 nitrogen and oxygen atoms in total. The molecule has 2 aliphatic rings. The molecule has 1 fully saturated rings. The van der Waals surface area contributed by atoms with Gasteiger partial charge in [0.2, 0.25) is 0 Å². The van der Waals surface area contributed by atoms with Crippen LogP contribution in [0.25, 0.3) is 16.7 Å². The minimum absolute atomic E-state index is 0.0150. The Kier molecular flexibility index (Phi) is 4.36. The molecule has 27 heavy (non-hydrogen) atoms. The van der Waals surface area contributed by atoms with Crippen LogP contribution in [-0.2, 0) is 16.0 Å². The summed E-state index contributed by atoms with van der Waals surface area (Å²) in [5, 5.41) is 10.9. The lowest BCUT2D eigenvalue weighted by Gasteiger charge is -2.31. The number of ether oxygens (including phenoxy) is 1. The molecule has 2 bridgehead atoms. The van der Waals surface area contributed by atoms with Gasteiger partial charge in [-0.1, -0.05) is 42.8 Å². The van der Waals surface area contributed by atoms with E-state index in [1.165, 1.54) is 12.1 Å². The Balaban J connectivity index is 1.83. The number of hydrogen-bond donors (Lipinski definition) is 1. The molecule has 2 atom stereocenters. The van der Waals surface area contributed by atoms with E-state index < -0.39 is 17.5 Å². The van der Waals surface area contributed by atoms with Gasteiger partial charge in [0.1, 0.15) is 23.3 Å². The summed E-state index contributed by atoms with van der Waals surface area (Å²) in [6.45, 7) is 3.81. The lowest BCUT2D eigenvalue weighted by atomic mass is 9.87. The molecule has 0 aliphatic carbocycles. The summed E-state index contributed by atoms with van der Waals surface area (Å²) in [4.78, 5) is 12.8. The Morgan fingerprint density at radius 2 is 1.96 bits per heavy atom. The van der Waals surface area contributed by atoms with E-state index in [0.29, 0.717) is 30.4 Å². The maximum Gasteiger partial charge on any atom is 0.195 e. The van der Waals surface area contributed by atoms with Crippen molar-refractivity contribution in [3.8, 4) is 11.1 Å². The van der Waals surface area contributed by atoms with Gasteiger partial charge in [-0.15, -0.1) is 0 Å². The number of hydrogen-bond acceptors (Lipinski definition) is 3. The predicted molar refractivity (Wildman–Crippen MR) is 103 cm³/mol. The summed E-state index contributed by atoms with van der Waals surface area (Å²) in [6.07, 6.45) is 1.43. The van der Waals surface area contributed by atoms with Crippen LogP contribution < -0.4 is 0 Å². The third-order valence-corrected chi connectivity index (χ3v) is 5.88. The van der Waals surface area contributed by atoms with E-state index >= 15 is 0 Å². The van der Waals surface area contributed by atoms with Crippen LogP contribution in [0.2, 0.25) is 5.02 Å². The fraction of sp³-hybridized carbons (Fsp3) is 0.318. The number of rotatable bonds is 3. The number of carbonyl (C=O) groups excluding carboxylic acids is 1. The molecule has 0 spiro atoms. The topological polar surface area (TPSA) is 46.5 Å². The smallest absolute Gasteiger partial charge is 0.195 e. The van der Waals surface area contributed by atoms with Gasteiger partial charge >= 0.3 is 0 Å². The second kappa shape index (κ2) is 6.47. The largest absolute Gasteiger partial charge is 0.508 e. The van der Waals surface area contributed by atoms with Crippen LogP contribution in [0.5, 0.6) is 0 Å². The predicted octanol–water partition coefficient (Wildman–Crippen LogP) is 5.50. The van der Waals surface area contributed by atoms with Gasteiger partial charge in [0, 0.05) is 0 Å². The highest BCUT2D eigenvalue weighted by Gasteiger charge is 2.50. The van der Waals surface area contributed by atoms with Gasteiger partial charge in [-0.3, -0.25) is 4.79 Å². The first-order valence-corrected chi connectivity index (χ1v) is 9.46. The Bertz CT molecular complexity index is 982. The van der Waals surface area contributed by atoms with Crippen molar-refractivity contribution in [1.29, 1.82) is 0 Å². The van der Waals surface area contributed by atoms with Crippen LogP contribution in [0, 0.1) is 5.82 Å². The van der Waals surface area contributed by atoms with E-state index in [1.807, 2.05) is 32.0 Å². The summed E-state index contributed by atoms with van der Waals surface area (Å²) in [7, 11) is 0. The van der Waals surface area contributed by atoms with Crippen molar-refractivity contribution in [2.75, 3.05) is 0 Å². The summed E-state index contributed by atoms with van der Waals surface area (Å²) >= 11 is 5.77. The molecule has 2 heterocycles. The Morgan fingerprint density at radius 1 is 1.26 bits per heavy atom. The highest BCUT2D eigenvalue weighted by atomic mass is 35.5. The minimum atomic E-state index is -0.795. The van der Waals surface area contributed by atoms with Crippen LogP contribution in [0.15, 0.2) is 42.2 Å². The van der Waals surface area contributed by atoms with Crippen molar-refractivity contribution >= 4 is 23.0 Å². The Hall–Kier alpha value is -2.17. The molecule has 0 radical (unpaired) electrons. The monoisotopic (exact) mass is 386 g/mol. The lowest BCUT2D eigenvalue weighted by Crippen LogP contribution is -2.37. The number of halogens is 2. The molecule has 1 N–H and O–H groups in total. The molecular formula is C22H20ClFO3. The molecule has 2 aliphatic heterocycles. The highest BCUT2D eigenvalue weighted by molar-refractivity contribution is 6.30. The van der Waals surface area contributed by atoms with Gasteiger partial charge in [0.05, 0.1) is 10.6 Å². The molecule has 2 aromatic carbocycles. The van der Waals surface area contributed by atoms with Crippen molar-refractivity contribution in [3.05, 3.63) is 64.1 Å². The number of Topliss-reactive ketones (excluding diaryl/α,β-unsaturated/α-hetero) is 1. The van der Waals surface area contributed by atoms with Crippen LogP contribution in [0.3, 0.4) is 0 Å². The molecule has 2 aromatic rings. The zero-order valence-electron chi connectivity index (χ0n) is 15.2. The second-order valence-electron chi connectivity index (χ2n) is 7.32. The summed E-state index contributed by atoms with van der Waals surface area (Å²) in [5.74, 6) is -0.621. The Labute approximate surface area is 162 Å². The van der Waals surface area contributed by atoms with Crippen molar-refractivity contribution in [2.45, 2.75) is 44.8 Å². The molecule has 1 saturated heterocycles. The molecular weight excluding hydrogens is 367 g/mol. The van der Waals surface area contributed by atoms with Crippen molar-refractivity contribution < 1.29 is 19.0 Å². The highest BCUT2D eigenvalue weighted by Crippen LogP contribution is 2.45. The molecule has 0 unspecified atom stereocenters. The lowest BCUT2D eigenvalue weighted by molar-refractivity contribution is -0.130. The number of fused-ring (bicyclic) bond motifs is 2. The van der Waals surface area contributed by atoms with E-state index in [-0.39, 0.29) is 16.6 Å². The number of benzene rings is 2. The number of carbonyl (C=O) groups is 1. The molecule has 0 saturated carbocycles. The number of aliphatic hydroxyl groups excluding tert-OH is 1. The van der Waals surface area contributed by atoms with Crippen LogP contribution >= 0.6 is 11.6 Å².